The standard InChI is InChI=1S/C18H27N3O2/c1-15-4-2-6-17(12-15)20-10-8-19(9-11-20)14-16-5-3-7-18(13-16)21(22)23/h3,5,7,13,15,17H,2,4,6,8-12,14H2,1H3/t15-,17+/m1/s1. The SMILES string of the molecule is C[C@@H]1CCC[C@H](N2CCN(Cc3cccc([N+](=O)[O-])c3)CC2)C1. The fraction of sp³-hybridized carbons (Fsp3) is 0.667. The van der Waals surface area contributed by atoms with Gasteiger partial charge in [-0.15, -0.1) is 0 Å². The van der Waals surface area contributed by atoms with E-state index in [4.69, 9.17) is 0 Å². The van der Waals surface area contributed by atoms with E-state index >= 15 is 0 Å². The number of piperazine rings is 1. The van der Waals surface area contributed by atoms with Crippen LogP contribution in [0.3, 0.4) is 0 Å². The van der Waals surface area contributed by atoms with Gasteiger partial charge in [0.2, 0.25) is 0 Å². The summed E-state index contributed by atoms with van der Waals surface area (Å²) in [5.74, 6) is 0.872. The van der Waals surface area contributed by atoms with Crippen molar-refractivity contribution >= 4 is 5.69 Å². The number of rotatable bonds is 4. The van der Waals surface area contributed by atoms with Gasteiger partial charge in [0, 0.05) is 50.9 Å². The van der Waals surface area contributed by atoms with Crippen LogP contribution < -0.4 is 0 Å². The summed E-state index contributed by atoms with van der Waals surface area (Å²) in [6, 6.07) is 7.81. The van der Waals surface area contributed by atoms with Gasteiger partial charge in [-0.05, 0) is 24.3 Å². The highest BCUT2D eigenvalue weighted by Gasteiger charge is 2.27. The molecule has 1 aromatic carbocycles. The first kappa shape index (κ1) is 16.4. The van der Waals surface area contributed by atoms with E-state index in [1.54, 1.807) is 18.2 Å². The molecule has 2 aliphatic rings. The van der Waals surface area contributed by atoms with Crippen molar-refractivity contribution in [1.82, 2.24) is 9.80 Å². The maximum atomic E-state index is 10.9. The van der Waals surface area contributed by atoms with E-state index in [0.717, 1.165) is 50.2 Å². The summed E-state index contributed by atoms with van der Waals surface area (Å²) in [5.41, 5.74) is 1.23. The predicted octanol–water partition coefficient (Wildman–Crippen LogP) is 3.29. The topological polar surface area (TPSA) is 49.6 Å². The van der Waals surface area contributed by atoms with Crippen molar-refractivity contribution in [2.45, 2.75) is 45.2 Å². The van der Waals surface area contributed by atoms with Crippen LogP contribution >= 0.6 is 0 Å². The third-order valence-corrected chi connectivity index (χ3v) is 5.36. The third-order valence-electron chi connectivity index (χ3n) is 5.36. The summed E-state index contributed by atoms with van der Waals surface area (Å²) in [7, 11) is 0. The summed E-state index contributed by atoms with van der Waals surface area (Å²) < 4.78 is 0. The molecule has 0 aromatic heterocycles. The molecule has 5 nitrogen and oxygen atoms in total. The van der Waals surface area contributed by atoms with Crippen LogP contribution in [0.4, 0.5) is 5.69 Å². The van der Waals surface area contributed by atoms with Gasteiger partial charge in [-0.25, -0.2) is 0 Å². The molecular weight excluding hydrogens is 290 g/mol. The lowest BCUT2D eigenvalue weighted by molar-refractivity contribution is -0.384. The largest absolute Gasteiger partial charge is 0.298 e. The van der Waals surface area contributed by atoms with Crippen LogP contribution in [0, 0.1) is 16.0 Å². The van der Waals surface area contributed by atoms with Crippen LogP contribution in [-0.4, -0.2) is 46.9 Å². The number of nitrogens with zero attached hydrogens (tertiary/aromatic N) is 3. The smallest absolute Gasteiger partial charge is 0.269 e. The molecule has 3 rings (SSSR count). The molecule has 126 valence electrons. The Hall–Kier alpha value is -1.46. The second kappa shape index (κ2) is 7.41. The Kier molecular flexibility index (Phi) is 5.28. The van der Waals surface area contributed by atoms with E-state index in [-0.39, 0.29) is 10.6 Å². The second-order valence-electron chi connectivity index (χ2n) is 7.16. The summed E-state index contributed by atoms with van der Waals surface area (Å²) in [6.07, 6.45) is 5.48. The lowest BCUT2D eigenvalue weighted by Gasteiger charge is -2.42. The molecule has 1 saturated carbocycles. The Morgan fingerprint density at radius 3 is 2.70 bits per heavy atom. The van der Waals surface area contributed by atoms with Crippen LogP contribution in [-0.2, 0) is 6.54 Å². The van der Waals surface area contributed by atoms with E-state index in [0.29, 0.717) is 0 Å². The molecule has 23 heavy (non-hydrogen) atoms. The highest BCUT2D eigenvalue weighted by molar-refractivity contribution is 5.34. The molecule has 0 amide bonds. The van der Waals surface area contributed by atoms with Gasteiger partial charge < -0.3 is 0 Å². The molecule has 1 heterocycles. The molecule has 1 saturated heterocycles. The van der Waals surface area contributed by atoms with E-state index in [1.807, 2.05) is 6.07 Å². The van der Waals surface area contributed by atoms with Crippen LogP contribution in [0.1, 0.15) is 38.2 Å². The van der Waals surface area contributed by atoms with Gasteiger partial charge in [0.1, 0.15) is 0 Å². The molecule has 1 aliphatic heterocycles. The van der Waals surface area contributed by atoms with E-state index in [2.05, 4.69) is 16.7 Å². The molecule has 1 aromatic rings. The number of benzene rings is 1. The van der Waals surface area contributed by atoms with Crippen molar-refractivity contribution in [2.24, 2.45) is 5.92 Å². The van der Waals surface area contributed by atoms with Crippen molar-refractivity contribution in [3.63, 3.8) is 0 Å². The minimum atomic E-state index is -0.314. The number of nitro groups is 1. The molecular formula is C18H27N3O2. The van der Waals surface area contributed by atoms with E-state index < -0.39 is 0 Å². The highest BCUT2D eigenvalue weighted by atomic mass is 16.6. The Labute approximate surface area is 138 Å². The van der Waals surface area contributed by atoms with Crippen molar-refractivity contribution in [3.8, 4) is 0 Å². The summed E-state index contributed by atoms with van der Waals surface area (Å²) in [4.78, 5) is 15.6. The maximum absolute atomic E-state index is 10.9. The molecule has 0 unspecified atom stereocenters. The predicted molar refractivity (Wildman–Crippen MR) is 91.4 cm³/mol. The van der Waals surface area contributed by atoms with Crippen molar-refractivity contribution in [3.05, 3.63) is 39.9 Å². The van der Waals surface area contributed by atoms with Gasteiger partial charge in [-0.1, -0.05) is 31.9 Å². The normalized spacial score (nSPS) is 27.0. The third kappa shape index (κ3) is 4.30. The molecule has 0 radical (unpaired) electrons. The van der Waals surface area contributed by atoms with Crippen molar-refractivity contribution < 1.29 is 4.92 Å². The molecule has 0 bridgehead atoms. The Balaban J connectivity index is 1.51. The second-order valence-corrected chi connectivity index (χ2v) is 7.16. The average Bonchev–Trinajstić information content (AvgIpc) is 2.56. The highest BCUT2D eigenvalue weighted by Crippen LogP contribution is 2.28. The first-order valence-corrected chi connectivity index (χ1v) is 8.81. The number of non-ortho nitro benzene ring substituents is 1. The van der Waals surface area contributed by atoms with E-state index in [1.165, 1.54) is 25.7 Å². The summed E-state index contributed by atoms with van der Waals surface area (Å²) >= 11 is 0. The zero-order chi connectivity index (χ0) is 16.2. The van der Waals surface area contributed by atoms with E-state index in [9.17, 15) is 10.1 Å². The van der Waals surface area contributed by atoms with Gasteiger partial charge in [-0.3, -0.25) is 19.9 Å². The Morgan fingerprint density at radius 2 is 2.00 bits per heavy atom. The molecule has 2 atom stereocenters. The maximum Gasteiger partial charge on any atom is 0.269 e. The van der Waals surface area contributed by atoms with Crippen LogP contribution in [0.2, 0.25) is 0 Å². The van der Waals surface area contributed by atoms with Crippen molar-refractivity contribution in [2.75, 3.05) is 26.2 Å². The minimum Gasteiger partial charge on any atom is -0.298 e. The summed E-state index contributed by atoms with van der Waals surface area (Å²) in [6.45, 7) is 7.58. The molecule has 0 spiro atoms. The number of hydrogen-bond acceptors (Lipinski definition) is 4. The Bertz CT molecular complexity index is 541. The van der Waals surface area contributed by atoms with Gasteiger partial charge in [0.25, 0.3) is 5.69 Å². The van der Waals surface area contributed by atoms with Crippen LogP contribution in [0.15, 0.2) is 24.3 Å². The molecule has 5 heteroatoms. The zero-order valence-corrected chi connectivity index (χ0v) is 14.0. The first-order chi connectivity index (χ1) is 11.1. The first-order valence-electron chi connectivity index (χ1n) is 8.81. The Morgan fingerprint density at radius 1 is 1.22 bits per heavy atom. The van der Waals surface area contributed by atoms with Gasteiger partial charge in [0.05, 0.1) is 4.92 Å². The average molecular weight is 317 g/mol. The molecule has 0 N–H and O–H groups in total. The van der Waals surface area contributed by atoms with Gasteiger partial charge in [0.15, 0.2) is 0 Å². The fourth-order valence-corrected chi connectivity index (χ4v) is 4.05. The lowest BCUT2D eigenvalue weighted by atomic mass is 9.86. The van der Waals surface area contributed by atoms with Gasteiger partial charge in [-0.2, -0.15) is 0 Å². The summed E-state index contributed by atoms with van der Waals surface area (Å²) in [5, 5.41) is 10.9. The monoisotopic (exact) mass is 317 g/mol. The zero-order valence-electron chi connectivity index (χ0n) is 14.0. The van der Waals surface area contributed by atoms with Crippen LogP contribution in [0.25, 0.3) is 0 Å². The molecule has 1 aliphatic carbocycles. The number of nitro benzene ring substituents is 1. The van der Waals surface area contributed by atoms with Crippen LogP contribution in [0.5, 0.6) is 0 Å². The lowest BCUT2D eigenvalue weighted by Crippen LogP contribution is -2.50. The minimum absolute atomic E-state index is 0.192. The van der Waals surface area contributed by atoms with Gasteiger partial charge >= 0.3 is 0 Å². The molecule has 2 fully saturated rings. The fourth-order valence-electron chi connectivity index (χ4n) is 4.05. The van der Waals surface area contributed by atoms with Crippen molar-refractivity contribution in [1.29, 1.82) is 0 Å². The number of hydrogen-bond donors (Lipinski definition) is 0. The quantitative estimate of drug-likeness (QED) is 0.631.